The maximum absolute atomic E-state index is 11.8. The van der Waals surface area contributed by atoms with Crippen molar-refractivity contribution in [3.8, 4) is 22.8 Å². The fourth-order valence-corrected chi connectivity index (χ4v) is 2.16. The Hall–Kier alpha value is -3.33. The molecule has 3 N–H and O–H groups in total. The zero-order valence-electron chi connectivity index (χ0n) is 12.4. The third-order valence-electron chi connectivity index (χ3n) is 3.26. The van der Waals surface area contributed by atoms with Gasteiger partial charge in [-0.2, -0.15) is 0 Å². The van der Waals surface area contributed by atoms with E-state index in [1.807, 2.05) is 0 Å². The number of oxazole rings is 1. The minimum Gasteiger partial charge on any atom is -0.443 e. The molecule has 0 aliphatic carbocycles. The zero-order chi connectivity index (χ0) is 17.1. The molecular weight excluding hydrogens is 314 g/mol. The lowest BCUT2D eigenvalue weighted by atomic mass is 10.1. The molecule has 3 rings (SSSR count). The Kier molecular flexibility index (Phi) is 4.17. The van der Waals surface area contributed by atoms with E-state index in [2.05, 4.69) is 15.0 Å². The van der Waals surface area contributed by atoms with Gasteiger partial charge in [0.15, 0.2) is 5.69 Å². The third kappa shape index (κ3) is 2.92. The van der Waals surface area contributed by atoms with Crippen LogP contribution in [0.4, 0.5) is 0 Å². The average Bonchev–Trinajstić information content (AvgIpc) is 3.11. The number of hydrogen-bond donors (Lipinski definition) is 2. The van der Waals surface area contributed by atoms with Crippen LogP contribution in [0.15, 0.2) is 46.2 Å². The number of pyridine rings is 1. The molecule has 24 heavy (non-hydrogen) atoms. The molecule has 0 spiro atoms. The Morgan fingerprint density at radius 1 is 1.29 bits per heavy atom. The predicted octanol–water partition coefficient (Wildman–Crippen LogP) is 0.0515. The number of hydrogen-bond acceptors (Lipinski definition) is 7. The number of carbonyl (C=O) groups is 1. The molecule has 0 bridgehead atoms. The second-order valence-corrected chi connectivity index (χ2v) is 4.83. The smallest absolute Gasteiger partial charge is 0.268 e. The molecule has 0 radical (unpaired) electrons. The highest BCUT2D eigenvalue weighted by atomic mass is 16.3. The lowest BCUT2D eigenvalue weighted by Gasteiger charge is -2.09. The molecule has 9 heteroatoms. The molecule has 0 atom stereocenters. The monoisotopic (exact) mass is 327 g/mol. The highest BCUT2D eigenvalue weighted by Gasteiger charge is 2.18. The fourth-order valence-electron chi connectivity index (χ4n) is 2.16. The highest BCUT2D eigenvalue weighted by Crippen LogP contribution is 2.27. The van der Waals surface area contributed by atoms with Gasteiger partial charge in [-0.1, -0.05) is 0 Å². The number of aromatic nitrogens is 4. The quantitative estimate of drug-likeness (QED) is 0.675. The maximum atomic E-state index is 11.8. The number of aliphatic hydroxyl groups is 1. The number of nitrogens with two attached hydrogens (primary N) is 1. The number of rotatable bonds is 5. The Bertz CT molecular complexity index is 933. The topological polar surface area (TPSA) is 137 Å². The van der Waals surface area contributed by atoms with Gasteiger partial charge in [0.2, 0.25) is 5.89 Å². The average molecular weight is 327 g/mol. The van der Waals surface area contributed by atoms with Crippen LogP contribution in [0.1, 0.15) is 10.5 Å². The molecule has 0 aliphatic heterocycles. The van der Waals surface area contributed by atoms with E-state index in [0.717, 1.165) is 0 Å². The van der Waals surface area contributed by atoms with Crippen molar-refractivity contribution in [1.82, 2.24) is 19.5 Å². The van der Waals surface area contributed by atoms with Crippen molar-refractivity contribution >= 4 is 5.91 Å². The van der Waals surface area contributed by atoms with E-state index in [1.54, 1.807) is 0 Å². The third-order valence-corrected chi connectivity index (χ3v) is 3.26. The summed E-state index contributed by atoms with van der Waals surface area (Å²) in [6.45, 7) is -0.0626. The Labute approximate surface area is 135 Å². The summed E-state index contributed by atoms with van der Waals surface area (Å²) in [5, 5.41) is 9.05. The van der Waals surface area contributed by atoms with E-state index in [1.165, 1.54) is 41.6 Å². The molecule has 122 valence electrons. The van der Waals surface area contributed by atoms with Crippen molar-refractivity contribution in [3.05, 3.63) is 53.0 Å². The molecule has 3 aromatic rings. The number of primary amides is 1. The summed E-state index contributed by atoms with van der Waals surface area (Å²) < 4.78 is 6.57. The molecule has 0 fully saturated rings. The summed E-state index contributed by atoms with van der Waals surface area (Å²) in [7, 11) is 0. The first kappa shape index (κ1) is 15.6. The van der Waals surface area contributed by atoms with Crippen LogP contribution in [0.5, 0.6) is 0 Å². The summed E-state index contributed by atoms with van der Waals surface area (Å²) in [5.41, 5.74) is 6.06. The van der Waals surface area contributed by atoms with E-state index in [-0.39, 0.29) is 30.3 Å². The second-order valence-electron chi connectivity index (χ2n) is 4.83. The second kappa shape index (κ2) is 6.42. The normalized spacial score (nSPS) is 10.7. The lowest BCUT2D eigenvalue weighted by molar-refractivity contribution is 0.0995. The fraction of sp³-hybridized carbons (Fsp3) is 0.133. The Balaban J connectivity index is 2.21. The van der Waals surface area contributed by atoms with Gasteiger partial charge in [0.05, 0.1) is 19.0 Å². The highest BCUT2D eigenvalue weighted by molar-refractivity contribution is 5.91. The molecule has 0 unspecified atom stereocenters. The van der Waals surface area contributed by atoms with Gasteiger partial charge in [-0.05, 0) is 6.07 Å². The lowest BCUT2D eigenvalue weighted by Crippen LogP contribution is -2.20. The molecule has 3 aromatic heterocycles. The van der Waals surface area contributed by atoms with E-state index in [0.29, 0.717) is 17.0 Å². The van der Waals surface area contributed by atoms with Gasteiger partial charge in [0.25, 0.3) is 11.5 Å². The van der Waals surface area contributed by atoms with Crippen molar-refractivity contribution in [2.75, 3.05) is 6.61 Å². The molecule has 0 aromatic carbocycles. The predicted molar refractivity (Wildman–Crippen MR) is 82.8 cm³/mol. The first-order chi connectivity index (χ1) is 11.6. The van der Waals surface area contributed by atoms with E-state index in [4.69, 9.17) is 15.3 Å². The van der Waals surface area contributed by atoms with Crippen LogP contribution in [0.2, 0.25) is 0 Å². The summed E-state index contributed by atoms with van der Waals surface area (Å²) in [6, 6.07) is 2.88. The SMILES string of the molecule is NC(=O)c1cnc(-c2ncco2)c(-c2ccc(=O)n(CCO)c2)n1. The van der Waals surface area contributed by atoms with E-state index in [9.17, 15) is 9.59 Å². The molecule has 0 aliphatic rings. The number of amides is 1. The van der Waals surface area contributed by atoms with Crippen LogP contribution in [0.3, 0.4) is 0 Å². The number of nitrogens with zero attached hydrogens (tertiary/aromatic N) is 4. The first-order valence-electron chi connectivity index (χ1n) is 6.98. The summed E-state index contributed by atoms with van der Waals surface area (Å²) in [4.78, 5) is 35.6. The van der Waals surface area contributed by atoms with Crippen LogP contribution in [0, 0.1) is 0 Å². The summed E-state index contributed by atoms with van der Waals surface area (Å²) in [6.07, 6.45) is 5.58. The van der Waals surface area contributed by atoms with Crippen LogP contribution in [-0.2, 0) is 6.54 Å². The van der Waals surface area contributed by atoms with Crippen molar-refractivity contribution in [2.24, 2.45) is 5.73 Å². The Morgan fingerprint density at radius 2 is 2.12 bits per heavy atom. The zero-order valence-corrected chi connectivity index (χ0v) is 12.4. The van der Waals surface area contributed by atoms with Crippen LogP contribution in [0.25, 0.3) is 22.8 Å². The maximum Gasteiger partial charge on any atom is 0.268 e. The minimum absolute atomic E-state index is 0.0276. The van der Waals surface area contributed by atoms with Crippen molar-refractivity contribution < 1.29 is 14.3 Å². The van der Waals surface area contributed by atoms with Gasteiger partial charge in [0.1, 0.15) is 17.7 Å². The van der Waals surface area contributed by atoms with Crippen molar-refractivity contribution in [2.45, 2.75) is 6.54 Å². The molecule has 9 nitrogen and oxygen atoms in total. The number of aliphatic hydroxyl groups excluding tert-OH is 1. The van der Waals surface area contributed by atoms with Gasteiger partial charge in [-0.15, -0.1) is 0 Å². The van der Waals surface area contributed by atoms with Gasteiger partial charge < -0.3 is 19.8 Å². The molecular formula is C15H13N5O4. The van der Waals surface area contributed by atoms with Gasteiger partial charge in [-0.3, -0.25) is 9.59 Å². The molecule has 0 saturated carbocycles. The van der Waals surface area contributed by atoms with Crippen LogP contribution < -0.4 is 11.3 Å². The van der Waals surface area contributed by atoms with Crippen LogP contribution in [-0.4, -0.2) is 37.1 Å². The van der Waals surface area contributed by atoms with Gasteiger partial charge in [0, 0.05) is 24.4 Å². The van der Waals surface area contributed by atoms with E-state index < -0.39 is 5.91 Å². The van der Waals surface area contributed by atoms with E-state index >= 15 is 0 Å². The molecule has 3 heterocycles. The number of carbonyl (C=O) groups excluding carboxylic acids is 1. The standard InChI is InChI=1S/C15H13N5O4/c16-14(23)10-7-18-13(15-17-3-6-24-15)12(19-10)9-1-2-11(22)20(8-9)4-5-21/h1-3,6-8,21H,4-5H2,(H2,16,23). The van der Waals surface area contributed by atoms with Crippen molar-refractivity contribution in [1.29, 1.82) is 0 Å². The van der Waals surface area contributed by atoms with Crippen molar-refractivity contribution in [3.63, 3.8) is 0 Å². The summed E-state index contributed by atoms with van der Waals surface area (Å²) >= 11 is 0. The van der Waals surface area contributed by atoms with Gasteiger partial charge >= 0.3 is 0 Å². The first-order valence-corrected chi connectivity index (χ1v) is 6.98. The van der Waals surface area contributed by atoms with Crippen LogP contribution >= 0.6 is 0 Å². The molecule has 1 amide bonds. The largest absolute Gasteiger partial charge is 0.443 e. The van der Waals surface area contributed by atoms with Gasteiger partial charge in [-0.25, -0.2) is 15.0 Å². The minimum atomic E-state index is -0.730. The Morgan fingerprint density at radius 3 is 2.79 bits per heavy atom. The summed E-state index contributed by atoms with van der Waals surface area (Å²) in [5.74, 6) is -0.514. The molecule has 0 saturated heterocycles.